The first-order valence-corrected chi connectivity index (χ1v) is 8.06. The zero-order chi connectivity index (χ0) is 17.5. The smallest absolute Gasteiger partial charge is 0.328 e. The van der Waals surface area contributed by atoms with Crippen LogP contribution in [0.3, 0.4) is 0 Å². The molecule has 0 atom stereocenters. The summed E-state index contributed by atoms with van der Waals surface area (Å²) in [6, 6.07) is 6.93. The van der Waals surface area contributed by atoms with E-state index in [0.29, 0.717) is 24.3 Å². The molecule has 0 spiro atoms. The van der Waals surface area contributed by atoms with Gasteiger partial charge in [-0.15, -0.1) is 0 Å². The van der Waals surface area contributed by atoms with Gasteiger partial charge in [-0.25, -0.2) is 0 Å². The molecule has 0 fully saturated rings. The van der Waals surface area contributed by atoms with Gasteiger partial charge in [0.15, 0.2) is 16.9 Å². The number of hydrogen-bond donors (Lipinski definition) is 0. The Labute approximate surface area is 137 Å². The van der Waals surface area contributed by atoms with Crippen molar-refractivity contribution in [2.75, 3.05) is 6.61 Å². The van der Waals surface area contributed by atoms with E-state index in [1.807, 2.05) is 13.8 Å². The summed E-state index contributed by atoms with van der Waals surface area (Å²) in [5.41, 5.74) is -1.29. The van der Waals surface area contributed by atoms with E-state index in [2.05, 4.69) is 0 Å². The number of esters is 2. The van der Waals surface area contributed by atoms with Gasteiger partial charge in [0.25, 0.3) is 0 Å². The van der Waals surface area contributed by atoms with Gasteiger partial charge in [-0.2, -0.15) is 0 Å². The summed E-state index contributed by atoms with van der Waals surface area (Å²) in [4.78, 5) is 24.9. The SMILES string of the molecule is CCOC(=O)C(CC)(CC)C(=O)Oc1ccccc1OC(C)C. The lowest BCUT2D eigenvalue weighted by Crippen LogP contribution is -2.42. The molecule has 128 valence electrons. The highest BCUT2D eigenvalue weighted by atomic mass is 16.6. The Bertz CT molecular complexity index is 532. The molecule has 0 aliphatic heterocycles. The molecule has 0 aliphatic carbocycles. The van der Waals surface area contributed by atoms with Crippen LogP contribution in [0.4, 0.5) is 0 Å². The number of carbonyl (C=O) groups is 2. The average molecular weight is 322 g/mol. The molecule has 0 aliphatic rings. The molecule has 0 unspecified atom stereocenters. The summed E-state index contributed by atoms with van der Waals surface area (Å²) >= 11 is 0. The van der Waals surface area contributed by atoms with Crippen molar-refractivity contribution < 1.29 is 23.8 Å². The normalized spacial score (nSPS) is 11.2. The quantitative estimate of drug-likeness (QED) is 0.414. The maximum atomic E-state index is 12.7. The molecule has 23 heavy (non-hydrogen) atoms. The van der Waals surface area contributed by atoms with Crippen molar-refractivity contribution in [3.8, 4) is 11.5 Å². The topological polar surface area (TPSA) is 61.8 Å². The van der Waals surface area contributed by atoms with Crippen molar-refractivity contribution in [2.45, 2.75) is 53.6 Å². The predicted molar refractivity (Wildman–Crippen MR) is 87.5 cm³/mol. The number of hydrogen-bond acceptors (Lipinski definition) is 5. The molecule has 5 nitrogen and oxygen atoms in total. The average Bonchev–Trinajstić information content (AvgIpc) is 2.51. The molecular weight excluding hydrogens is 296 g/mol. The second-order valence-corrected chi connectivity index (χ2v) is 5.51. The summed E-state index contributed by atoms with van der Waals surface area (Å²) < 4.78 is 16.2. The molecule has 0 heterocycles. The van der Waals surface area contributed by atoms with Crippen LogP contribution in [0.25, 0.3) is 0 Å². The van der Waals surface area contributed by atoms with Crippen LogP contribution in [-0.4, -0.2) is 24.6 Å². The highest BCUT2D eigenvalue weighted by Gasteiger charge is 2.46. The number of benzene rings is 1. The fraction of sp³-hybridized carbons (Fsp3) is 0.556. The van der Waals surface area contributed by atoms with E-state index in [0.717, 1.165) is 0 Å². The highest BCUT2D eigenvalue weighted by Crippen LogP contribution is 2.34. The third kappa shape index (κ3) is 4.47. The van der Waals surface area contributed by atoms with E-state index in [4.69, 9.17) is 14.2 Å². The van der Waals surface area contributed by atoms with Crippen LogP contribution in [0.15, 0.2) is 24.3 Å². The zero-order valence-corrected chi connectivity index (χ0v) is 14.5. The van der Waals surface area contributed by atoms with E-state index >= 15 is 0 Å². The van der Waals surface area contributed by atoms with Gasteiger partial charge in [0.2, 0.25) is 0 Å². The monoisotopic (exact) mass is 322 g/mol. The lowest BCUT2D eigenvalue weighted by molar-refractivity contribution is -0.167. The van der Waals surface area contributed by atoms with Gasteiger partial charge in [0, 0.05) is 0 Å². The van der Waals surface area contributed by atoms with E-state index in [-0.39, 0.29) is 12.7 Å². The summed E-state index contributed by atoms with van der Waals surface area (Å²) in [6.45, 7) is 9.27. The first-order valence-electron chi connectivity index (χ1n) is 8.06. The van der Waals surface area contributed by atoms with E-state index in [9.17, 15) is 9.59 Å². The molecule has 0 amide bonds. The van der Waals surface area contributed by atoms with Crippen molar-refractivity contribution in [3.05, 3.63) is 24.3 Å². The molecule has 1 aromatic rings. The van der Waals surface area contributed by atoms with Crippen molar-refractivity contribution in [2.24, 2.45) is 5.41 Å². The molecule has 0 saturated carbocycles. The van der Waals surface area contributed by atoms with Crippen LogP contribution in [0.2, 0.25) is 0 Å². The van der Waals surface area contributed by atoms with Gasteiger partial charge in [-0.3, -0.25) is 9.59 Å². The van der Waals surface area contributed by atoms with Gasteiger partial charge in [0.05, 0.1) is 12.7 Å². The second-order valence-electron chi connectivity index (χ2n) is 5.51. The van der Waals surface area contributed by atoms with Crippen LogP contribution in [0.1, 0.15) is 47.5 Å². The lowest BCUT2D eigenvalue weighted by Gasteiger charge is -2.27. The molecular formula is C18H26O5. The summed E-state index contributed by atoms with van der Waals surface area (Å²) in [6.07, 6.45) is 0.574. The number of ether oxygens (including phenoxy) is 3. The Morgan fingerprint density at radius 3 is 2.04 bits per heavy atom. The largest absolute Gasteiger partial charge is 0.487 e. The van der Waals surface area contributed by atoms with Crippen molar-refractivity contribution in [3.63, 3.8) is 0 Å². The van der Waals surface area contributed by atoms with Gasteiger partial charge in [-0.05, 0) is 45.7 Å². The molecule has 0 aromatic heterocycles. The standard InChI is InChI=1S/C18H26O5/c1-6-18(7-2,16(19)21-8-3)17(20)23-15-12-10-9-11-14(15)22-13(4)5/h9-13H,6-8H2,1-5H3. The summed E-state index contributed by atoms with van der Waals surface area (Å²) in [5.74, 6) is -0.374. The molecule has 0 N–H and O–H groups in total. The lowest BCUT2D eigenvalue weighted by atomic mass is 9.82. The number of para-hydroxylation sites is 2. The van der Waals surface area contributed by atoms with E-state index in [1.54, 1.807) is 45.0 Å². The minimum absolute atomic E-state index is 0.0537. The molecule has 1 rings (SSSR count). The Kier molecular flexibility index (Phi) is 7.07. The Hall–Kier alpha value is -2.04. The van der Waals surface area contributed by atoms with Gasteiger partial charge in [0.1, 0.15) is 0 Å². The maximum Gasteiger partial charge on any atom is 0.328 e. The Balaban J connectivity index is 3.06. The van der Waals surface area contributed by atoms with Crippen LogP contribution in [0.5, 0.6) is 11.5 Å². The highest BCUT2D eigenvalue weighted by molar-refractivity contribution is 6.00. The minimum Gasteiger partial charge on any atom is -0.487 e. The van der Waals surface area contributed by atoms with Crippen LogP contribution >= 0.6 is 0 Å². The van der Waals surface area contributed by atoms with Gasteiger partial charge >= 0.3 is 11.9 Å². The minimum atomic E-state index is -1.29. The van der Waals surface area contributed by atoms with Gasteiger partial charge < -0.3 is 14.2 Å². The second kappa shape index (κ2) is 8.56. The van der Waals surface area contributed by atoms with E-state index < -0.39 is 17.4 Å². The maximum absolute atomic E-state index is 12.7. The zero-order valence-electron chi connectivity index (χ0n) is 14.5. The molecule has 0 saturated heterocycles. The summed E-state index contributed by atoms with van der Waals surface area (Å²) in [7, 11) is 0. The van der Waals surface area contributed by atoms with Crippen molar-refractivity contribution in [1.82, 2.24) is 0 Å². The van der Waals surface area contributed by atoms with Crippen molar-refractivity contribution >= 4 is 11.9 Å². The third-order valence-electron chi connectivity index (χ3n) is 3.68. The Morgan fingerprint density at radius 2 is 1.57 bits per heavy atom. The summed E-state index contributed by atoms with van der Waals surface area (Å²) in [5, 5.41) is 0. The first kappa shape index (κ1) is 19.0. The van der Waals surface area contributed by atoms with Crippen LogP contribution < -0.4 is 9.47 Å². The van der Waals surface area contributed by atoms with E-state index in [1.165, 1.54) is 0 Å². The number of carbonyl (C=O) groups excluding carboxylic acids is 2. The molecule has 0 radical (unpaired) electrons. The molecule has 5 heteroatoms. The Morgan fingerprint density at radius 1 is 1.00 bits per heavy atom. The predicted octanol–water partition coefficient (Wildman–Crippen LogP) is 3.75. The van der Waals surface area contributed by atoms with Gasteiger partial charge in [-0.1, -0.05) is 26.0 Å². The van der Waals surface area contributed by atoms with Crippen LogP contribution in [0, 0.1) is 5.41 Å². The van der Waals surface area contributed by atoms with Crippen molar-refractivity contribution in [1.29, 1.82) is 0 Å². The molecule has 0 bridgehead atoms. The van der Waals surface area contributed by atoms with Crippen LogP contribution in [-0.2, 0) is 14.3 Å². The fourth-order valence-electron chi connectivity index (χ4n) is 2.26. The third-order valence-corrected chi connectivity index (χ3v) is 3.68. The fourth-order valence-corrected chi connectivity index (χ4v) is 2.26. The first-order chi connectivity index (χ1) is 10.9. The molecule has 1 aromatic carbocycles. The number of rotatable bonds is 8.